The summed E-state index contributed by atoms with van der Waals surface area (Å²) < 4.78 is 21.5. The standard InChI is InChI=1S/C34H47FN6O6/c1-33(2,3)47-32(46)40-12-8-23(9-13-40)21-37-14-10-34(35,11-15-37)22-38-16-18-39(19-17-38)24-4-5-25-26(20-24)31(45)41(30(25)44)27-6-7-28(42)36-29(27)43/h4-5,20,23,27H,6-19,21-22H2,1-3H3,(H,36,42,43). The number of hydrogen-bond acceptors (Lipinski definition) is 9. The van der Waals surface area contributed by atoms with Gasteiger partial charge in [0, 0.05) is 77.6 Å². The van der Waals surface area contributed by atoms with Crippen molar-refractivity contribution in [1.82, 2.24) is 24.9 Å². The molecular weight excluding hydrogens is 607 g/mol. The molecule has 4 fully saturated rings. The second kappa shape index (κ2) is 13.1. The zero-order chi connectivity index (χ0) is 33.5. The Hall–Kier alpha value is -3.58. The number of amides is 5. The minimum atomic E-state index is -1.22. The summed E-state index contributed by atoms with van der Waals surface area (Å²) in [5.74, 6) is -1.56. The largest absolute Gasteiger partial charge is 0.444 e. The summed E-state index contributed by atoms with van der Waals surface area (Å²) in [4.78, 5) is 72.1. The number of alkyl halides is 1. The number of rotatable bonds is 6. The van der Waals surface area contributed by atoms with Gasteiger partial charge in [-0.15, -0.1) is 0 Å². The van der Waals surface area contributed by atoms with Gasteiger partial charge >= 0.3 is 6.09 Å². The molecule has 5 amide bonds. The molecule has 4 saturated heterocycles. The number of piperidine rings is 3. The highest BCUT2D eigenvalue weighted by Crippen LogP contribution is 2.33. The zero-order valence-corrected chi connectivity index (χ0v) is 27.8. The van der Waals surface area contributed by atoms with E-state index in [-0.39, 0.29) is 30.1 Å². The number of hydrogen-bond donors (Lipinski definition) is 1. The van der Waals surface area contributed by atoms with Crippen molar-refractivity contribution in [3.05, 3.63) is 29.3 Å². The van der Waals surface area contributed by atoms with Crippen LogP contribution in [0.25, 0.3) is 0 Å². The maximum absolute atomic E-state index is 16.0. The number of anilines is 1. The average Bonchev–Trinajstić information content (AvgIpc) is 3.27. The third-order valence-corrected chi connectivity index (χ3v) is 10.2. The monoisotopic (exact) mass is 654 g/mol. The molecule has 5 aliphatic heterocycles. The van der Waals surface area contributed by atoms with Gasteiger partial charge in [0.2, 0.25) is 11.8 Å². The van der Waals surface area contributed by atoms with Crippen LogP contribution in [-0.2, 0) is 14.3 Å². The summed E-state index contributed by atoms with van der Waals surface area (Å²) >= 11 is 0. The molecule has 47 heavy (non-hydrogen) atoms. The molecule has 13 heteroatoms. The molecule has 0 saturated carbocycles. The van der Waals surface area contributed by atoms with Crippen molar-refractivity contribution in [3.8, 4) is 0 Å². The first-order valence-corrected chi connectivity index (χ1v) is 17.0. The van der Waals surface area contributed by atoms with Gasteiger partial charge in [0.15, 0.2) is 0 Å². The summed E-state index contributed by atoms with van der Waals surface area (Å²) in [7, 11) is 0. The molecule has 256 valence electrons. The van der Waals surface area contributed by atoms with E-state index in [2.05, 4.69) is 20.0 Å². The zero-order valence-electron chi connectivity index (χ0n) is 27.8. The Balaban J connectivity index is 0.945. The van der Waals surface area contributed by atoms with Gasteiger partial charge in [-0.2, -0.15) is 0 Å². The Bertz CT molecular complexity index is 1410. The molecule has 5 aliphatic rings. The molecular formula is C34H47FN6O6. The van der Waals surface area contributed by atoms with Crippen LogP contribution in [0, 0.1) is 5.92 Å². The van der Waals surface area contributed by atoms with E-state index in [4.69, 9.17) is 4.74 Å². The molecule has 1 N–H and O–H groups in total. The van der Waals surface area contributed by atoms with E-state index >= 15 is 4.39 Å². The van der Waals surface area contributed by atoms with Gasteiger partial charge < -0.3 is 19.4 Å². The maximum atomic E-state index is 16.0. The first kappa shape index (κ1) is 33.3. The fraction of sp³-hybridized carbons (Fsp3) is 0.676. The van der Waals surface area contributed by atoms with Crippen molar-refractivity contribution in [2.75, 3.05) is 70.3 Å². The topological polar surface area (TPSA) is 123 Å². The molecule has 12 nitrogen and oxygen atoms in total. The van der Waals surface area contributed by atoms with Gasteiger partial charge in [-0.05, 0) is 77.0 Å². The van der Waals surface area contributed by atoms with Gasteiger partial charge in [-0.3, -0.25) is 34.3 Å². The smallest absolute Gasteiger partial charge is 0.410 e. The lowest BCUT2D eigenvalue weighted by molar-refractivity contribution is -0.136. The molecule has 0 radical (unpaired) electrons. The molecule has 0 bridgehead atoms. The van der Waals surface area contributed by atoms with Gasteiger partial charge in [0.25, 0.3) is 11.8 Å². The SMILES string of the molecule is CC(C)(C)OC(=O)N1CCC(CN2CCC(F)(CN3CCN(c4ccc5c(c4)C(=O)N(C4CCC(=O)NC4=O)C5=O)CC3)CC2)CC1. The third kappa shape index (κ3) is 7.45. The number of carbonyl (C=O) groups is 5. The Morgan fingerprint density at radius 1 is 0.894 bits per heavy atom. The lowest BCUT2D eigenvalue weighted by Crippen LogP contribution is -2.54. The van der Waals surface area contributed by atoms with E-state index in [1.165, 1.54) is 0 Å². The van der Waals surface area contributed by atoms with Crippen molar-refractivity contribution < 1.29 is 33.1 Å². The van der Waals surface area contributed by atoms with Crippen LogP contribution in [0.2, 0.25) is 0 Å². The second-order valence-corrected chi connectivity index (χ2v) is 14.8. The number of likely N-dealkylation sites (tertiary alicyclic amines) is 2. The normalized spacial score (nSPS) is 24.9. The van der Waals surface area contributed by atoms with Crippen molar-refractivity contribution in [2.24, 2.45) is 5.92 Å². The van der Waals surface area contributed by atoms with E-state index < -0.39 is 40.9 Å². The Morgan fingerprint density at radius 2 is 1.55 bits per heavy atom. The van der Waals surface area contributed by atoms with Crippen LogP contribution in [0.4, 0.5) is 14.9 Å². The Kier molecular flexibility index (Phi) is 9.32. The van der Waals surface area contributed by atoms with Crippen molar-refractivity contribution in [1.29, 1.82) is 0 Å². The number of nitrogens with one attached hydrogen (secondary N) is 1. The Labute approximate surface area is 275 Å². The van der Waals surface area contributed by atoms with E-state index in [9.17, 15) is 24.0 Å². The molecule has 1 unspecified atom stereocenters. The van der Waals surface area contributed by atoms with Crippen LogP contribution in [0.15, 0.2) is 18.2 Å². The molecule has 0 spiro atoms. The van der Waals surface area contributed by atoms with E-state index in [0.717, 1.165) is 43.1 Å². The summed E-state index contributed by atoms with van der Waals surface area (Å²) in [6.45, 7) is 12.6. The molecule has 6 rings (SSSR count). The van der Waals surface area contributed by atoms with E-state index in [0.29, 0.717) is 64.6 Å². The highest BCUT2D eigenvalue weighted by Gasteiger charge is 2.45. The second-order valence-electron chi connectivity index (χ2n) is 14.8. The van der Waals surface area contributed by atoms with Crippen LogP contribution in [-0.4, -0.2) is 132 Å². The molecule has 1 atom stereocenters. The number of carbonyl (C=O) groups excluding carboxylic acids is 5. The number of fused-ring (bicyclic) bond motifs is 1. The van der Waals surface area contributed by atoms with Gasteiger partial charge in [0.05, 0.1) is 11.1 Å². The summed E-state index contributed by atoms with van der Waals surface area (Å²) in [6.07, 6.45) is 2.85. The number of benzene rings is 1. The molecule has 0 aliphatic carbocycles. The lowest BCUT2D eigenvalue weighted by Gasteiger charge is -2.43. The highest BCUT2D eigenvalue weighted by atomic mass is 19.1. The number of halogens is 1. The van der Waals surface area contributed by atoms with E-state index in [1.54, 1.807) is 17.0 Å². The fourth-order valence-corrected chi connectivity index (χ4v) is 7.50. The third-order valence-electron chi connectivity index (χ3n) is 10.2. The Morgan fingerprint density at radius 3 is 2.19 bits per heavy atom. The minimum absolute atomic E-state index is 0.0793. The predicted octanol–water partition coefficient (Wildman–Crippen LogP) is 2.66. The molecule has 5 heterocycles. The van der Waals surface area contributed by atoms with Crippen molar-refractivity contribution in [3.63, 3.8) is 0 Å². The lowest BCUT2D eigenvalue weighted by atomic mass is 9.90. The number of piperazine rings is 1. The van der Waals surface area contributed by atoms with Crippen molar-refractivity contribution >= 4 is 35.4 Å². The first-order chi connectivity index (χ1) is 22.3. The first-order valence-electron chi connectivity index (χ1n) is 17.0. The summed E-state index contributed by atoms with van der Waals surface area (Å²) in [5.41, 5.74) is -0.374. The van der Waals surface area contributed by atoms with Crippen LogP contribution < -0.4 is 10.2 Å². The summed E-state index contributed by atoms with van der Waals surface area (Å²) in [6, 6.07) is 4.18. The van der Waals surface area contributed by atoms with Gasteiger partial charge in [-0.25, -0.2) is 9.18 Å². The molecule has 1 aromatic rings. The summed E-state index contributed by atoms with van der Waals surface area (Å²) in [5, 5.41) is 2.22. The van der Waals surface area contributed by atoms with Crippen molar-refractivity contribution in [2.45, 2.75) is 76.6 Å². The van der Waals surface area contributed by atoms with Gasteiger partial charge in [-0.1, -0.05) is 0 Å². The fourth-order valence-electron chi connectivity index (χ4n) is 7.50. The number of nitrogens with zero attached hydrogens (tertiary/aromatic N) is 5. The quantitative estimate of drug-likeness (QED) is 0.462. The van der Waals surface area contributed by atoms with Crippen LogP contribution in [0.5, 0.6) is 0 Å². The van der Waals surface area contributed by atoms with Gasteiger partial charge in [0.1, 0.15) is 17.3 Å². The van der Waals surface area contributed by atoms with Crippen LogP contribution in [0.3, 0.4) is 0 Å². The molecule has 0 aromatic heterocycles. The number of ether oxygens (including phenoxy) is 1. The average molecular weight is 655 g/mol. The molecule has 1 aromatic carbocycles. The maximum Gasteiger partial charge on any atom is 0.410 e. The number of imide groups is 2. The van der Waals surface area contributed by atoms with E-state index in [1.807, 2.05) is 26.8 Å². The predicted molar refractivity (Wildman–Crippen MR) is 172 cm³/mol. The highest BCUT2D eigenvalue weighted by molar-refractivity contribution is 6.23. The van der Waals surface area contributed by atoms with Crippen LogP contribution in [0.1, 0.15) is 80.0 Å². The minimum Gasteiger partial charge on any atom is -0.444 e. The van der Waals surface area contributed by atoms with Crippen LogP contribution >= 0.6 is 0 Å².